The Morgan fingerprint density at radius 3 is 2.75 bits per heavy atom. The van der Waals surface area contributed by atoms with Gasteiger partial charge in [-0.05, 0) is 0 Å². The van der Waals surface area contributed by atoms with Crippen molar-refractivity contribution in [3.05, 3.63) is 5.89 Å². The molecule has 16 heavy (non-hydrogen) atoms. The molecule has 0 fully saturated rings. The molecule has 0 aliphatic carbocycles. The fourth-order valence-electron chi connectivity index (χ4n) is 0.913. The molecule has 1 aromatic rings. The van der Waals surface area contributed by atoms with Crippen molar-refractivity contribution >= 4 is 27.6 Å². The normalized spacial score (nSPS) is 11.6. The largest absolute Gasteiger partial charge is 0.408 e. The van der Waals surface area contributed by atoms with Crippen molar-refractivity contribution in [3.8, 4) is 0 Å². The van der Waals surface area contributed by atoms with Gasteiger partial charge in [0, 0.05) is 25.4 Å². The molecule has 2 N–H and O–H groups in total. The van der Waals surface area contributed by atoms with E-state index in [1.54, 1.807) is 0 Å². The molecule has 0 aliphatic rings. The fraction of sp³-hybridized carbons (Fsp3) is 0.714. The van der Waals surface area contributed by atoms with Crippen LogP contribution in [0.2, 0.25) is 0 Å². The van der Waals surface area contributed by atoms with Crippen LogP contribution in [0.3, 0.4) is 0 Å². The van der Waals surface area contributed by atoms with Crippen molar-refractivity contribution in [2.45, 2.75) is 6.42 Å². The maximum absolute atomic E-state index is 10.7. The molecule has 0 aromatic carbocycles. The summed E-state index contributed by atoms with van der Waals surface area (Å²) in [6.07, 6.45) is 1.61. The molecule has 0 radical (unpaired) electrons. The van der Waals surface area contributed by atoms with Crippen LogP contribution in [0.1, 0.15) is 5.89 Å². The fourth-order valence-corrected chi connectivity index (χ4v) is 1.55. The van der Waals surface area contributed by atoms with Crippen molar-refractivity contribution in [1.29, 1.82) is 0 Å². The number of hydrogen-bond acceptors (Lipinski definition) is 6. The number of alkyl halides is 1. The summed E-state index contributed by atoms with van der Waals surface area (Å²) in [5.41, 5.74) is 0. The Labute approximate surface area is 98.6 Å². The molecule has 1 aromatic heterocycles. The lowest BCUT2D eigenvalue weighted by atomic mass is 10.5. The quantitative estimate of drug-likeness (QED) is 0.526. The average Bonchev–Trinajstić information content (AvgIpc) is 2.60. The van der Waals surface area contributed by atoms with Gasteiger partial charge in [0.15, 0.2) is 0 Å². The molecule has 0 unspecified atom stereocenters. The molecule has 7 nitrogen and oxygen atoms in total. The molecule has 9 heteroatoms. The van der Waals surface area contributed by atoms with Gasteiger partial charge in [0.1, 0.15) is 0 Å². The lowest BCUT2D eigenvalue weighted by Crippen LogP contribution is -2.27. The van der Waals surface area contributed by atoms with Crippen LogP contribution in [0.25, 0.3) is 0 Å². The summed E-state index contributed by atoms with van der Waals surface area (Å²) < 4.78 is 28.9. The highest BCUT2D eigenvalue weighted by molar-refractivity contribution is 7.88. The molecule has 0 saturated carbocycles. The molecule has 0 spiro atoms. The van der Waals surface area contributed by atoms with Crippen LogP contribution in [0, 0.1) is 0 Å². The number of aromatic nitrogens is 2. The first-order valence-corrected chi connectivity index (χ1v) is 7.01. The maximum atomic E-state index is 10.7. The van der Waals surface area contributed by atoms with Gasteiger partial charge in [-0.3, -0.25) is 0 Å². The van der Waals surface area contributed by atoms with Crippen LogP contribution in [-0.4, -0.2) is 43.8 Å². The monoisotopic (exact) mass is 268 g/mol. The zero-order valence-corrected chi connectivity index (χ0v) is 10.3. The van der Waals surface area contributed by atoms with Crippen LogP contribution in [-0.2, 0) is 16.4 Å². The van der Waals surface area contributed by atoms with E-state index in [0.29, 0.717) is 24.7 Å². The summed E-state index contributed by atoms with van der Waals surface area (Å²) in [6.45, 7) is 0.627. The molecular formula is C7H13ClN4O3S. The Morgan fingerprint density at radius 2 is 2.12 bits per heavy atom. The molecule has 0 bridgehead atoms. The molecular weight excluding hydrogens is 256 g/mol. The smallest absolute Gasteiger partial charge is 0.315 e. The Hall–Kier alpha value is -0.860. The van der Waals surface area contributed by atoms with Gasteiger partial charge < -0.3 is 9.73 Å². The minimum absolute atomic E-state index is 0.256. The summed E-state index contributed by atoms with van der Waals surface area (Å²) >= 11 is 5.50. The molecule has 0 aliphatic heterocycles. The van der Waals surface area contributed by atoms with Crippen LogP contribution < -0.4 is 10.0 Å². The first-order chi connectivity index (χ1) is 7.51. The highest BCUT2D eigenvalue weighted by atomic mass is 35.5. The number of hydrogen-bond donors (Lipinski definition) is 2. The van der Waals surface area contributed by atoms with Crippen molar-refractivity contribution in [2.75, 3.05) is 30.5 Å². The Morgan fingerprint density at radius 1 is 1.38 bits per heavy atom. The van der Waals surface area contributed by atoms with Gasteiger partial charge in [-0.25, -0.2) is 13.1 Å². The van der Waals surface area contributed by atoms with Crippen molar-refractivity contribution in [1.82, 2.24) is 14.9 Å². The second-order valence-electron chi connectivity index (χ2n) is 3.03. The van der Waals surface area contributed by atoms with E-state index in [1.807, 2.05) is 0 Å². The van der Waals surface area contributed by atoms with Crippen LogP contribution >= 0.6 is 11.6 Å². The van der Waals surface area contributed by atoms with Gasteiger partial charge in [-0.2, -0.15) is 0 Å². The molecule has 1 heterocycles. The lowest BCUT2D eigenvalue weighted by molar-refractivity contribution is 0.512. The van der Waals surface area contributed by atoms with Crippen LogP contribution in [0.5, 0.6) is 0 Å². The minimum atomic E-state index is -3.16. The lowest BCUT2D eigenvalue weighted by Gasteiger charge is -2.01. The van der Waals surface area contributed by atoms with E-state index in [0.717, 1.165) is 6.26 Å². The van der Waals surface area contributed by atoms with E-state index >= 15 is 0 Å². The third kappa shape index (κ3) is 5.29. The number of nitrogens with zero attached hydrogens (tertiary/aromatic N) is 2. The van der Waals surface area contributed by atoms with Crippen LogP contribution in [0.15, 0.2) is 4.42 Å². The first-order valence-electron chi connectivity index (χ1n) is 4.58. The Balaban J connectivity index is 2.26. The summed E-state index contributed by atoms with van der Waals surface area (Å²) in [4.78, 5) is 0. The second-order valence-corrected chi connectivity index (χ2v) is 5.24. The maximum Gasteiger partial charge on any atom is 0.315 e. The topological polar surface area (TPSA) is 97.1 Å². The van der Waals surface area contributed by atoms with E-state index in [-0.39, 0.29) is 12.6 Å². The molecule has 0 saturated heterocycles. The van der Waals surface area contributed by atoms with Crippen molar-refractivity contribution < 1.29 is 12.8 Å². The predicted octanol–water partition coefficient (Wildman–Crippen LogP) is -0.188. The van der Waals surface area contributed by atoms with Gasteiger partial charge in [0.25, 0.3) is 0 Å². The zero-order chi connectivity index (χ0) is 12.0. The van der Waals surface area contributed by atoms with Gasteiger partial charge in [-0.1, -0.05) is 5.10 Å². The number of aryl methyl sites for hydroxylation is 1. The summed E-state index contributed by atoms with van der Waals surface area (Å²) in [5.74, 6) is 0.866. The average molecular weight is 269 g/mol. The number of rotatable bonds is 7. The minimum Gasteiger partial charge on any atom is -0.408 e. The Kier molecular flexibility index (Phi) is 4.97. The van der Waals surface area contributed by atoms with E-state index in [1.165, 1.54) is 0 Å². The number of halogens is 1. The highest BCUT2D eigenvalue weighted by Gasteiger charge is 2.04. The zero-order valence-electron chi connectivity index (χ0n) is 8.73. The molecule has 92 valence electrons. The predicted molar refractivity (Wildman–Crippen MR) is 60.1 cm³/mol. The summed E-state index contributed by atoms with van der Waals surface area (Å²) in [5, 5.41) is 10.2. The van der Waals surface area contributed by atoms with E-state index in [9.17, 15) is 8.42 Å². The van der Waals surface area contributed by atoms with E-state index in [2.05, 4.69) is 20.2 Å². The van der Waals surface area contributed by atoms with E-state index in [4.69, 9.17) is 16.0 Å². The SMILES string of the molecule is CS(=O)(=O)NCCNc1nnc(CCCl)o1. The van der Waals surface area contributed by atoms with Gasteiger partial charge >= 0.3 is 6.01 Å². The van der Waals surface area contributed by atoms with Crippen molar-refractivity contribution in [2.24, 2.45) is 0 Å². The number of nitrogens with one attached hydrogen (secondary N) is 2. The number of sulfonamides is 1. The molecule has 0 atom stereocenters. The van der Waals surface area contributed by atoms with Gasteiger partial charge in [0.2, 0.25) is 15.9 Å². The van der Waals surface area contributed by atoms with Gasteiger partial charge in [0.05, 0.1) is 6.26 Å². The first kappa shape index (κ1) is 13.2. The van der Waals surface area contributed by atoms with E-state index < -0.39 is 10.0 Å². The number of anilines is 1. The summed E-state index contributed by atoms with van der Waals surface area (Å²) in [6, 6.07) is 0.260. The van der Waals surface area contributed by atoms with Gasteiger partial charge in [-0.15, -0.1) is 16.7 Å². The van der Waals surface area contributed by atoms with Crippen LogP contribution in [0.4, 0.5) is 6.01 Å². The molecule has 0 amide bonds. The third-order valence-corrected chi connectivity index (χ3v) is 2.46. The molecule has 1 rings (SSSR count). The third-order valence-electron chi connectivity index (χ3n) is 1.54. The highest BCUT2D eigenvalue weighted by Crippen LogP contribution is 2.05. The Bertz CT molecular complexity index is 419. The summed E-state index contributed by atoms with van der Waals surface area (Å²) in [7, 11) is -3.16. The second kappa shape index (κ2) is 6.02. The standard InChI is InChI=1S/C7H13ClN4O3S/c1-16(13,14)10-5-4-9-7-12-11-6(15-7)2-3-8/h10H,2-5H2,1H3,(H,9,12). The van der Waals surface area contributed by atoms with Crippen molar-refractivity contribution in [3.63, 3.8) is 0 Å².